The number of hydrogen-bond donors (Lipinski definition) is 1. The molecule has 110 valence electrons. The fourth-order valence-electron chi connectivity index (χ4n) is 2.26. The van der Waals surface area contributed by atoms with Crippen molar-refractivity contribution in [3.05, 3.63) is 12.2 Å². The van der Waals surface area contributed by atoms with Crippen molar-refractivity contribution in [3.63, 3.8) is 0 Å². The molecule has 1 unspecified atom stereocenters. The lowest BCUT2D eigenvalue weighted by Crippen LogP contribution is -2.45. The van der Waals surface area contributed by atoms with Crippen LogP contribution in [0.25, 0.3) is 0 Å². The predicted octanol–water partition coefficient (Wildman–Crippen LogP) is 2.06. The lowest BCUT2D eigenvalue weighted by atomic mass is 9.87. The minimum Gasteiger partial charge on any atom is -0.352 e. The van der Waals surface area contributed by atoms with Crippen LogP contribution in [0.4, 0.5) is 0 Å². The highest BCUT2D eigenvalue weighted by atomic mass is 32.2. The van der Waals surface area contributed by atoms with Crippen molar-refractivity contribution in [2.24, 2.45) is 5.92 Å². The zero-order valence-electron chi connectivity index (χ0n) is 12.1. The average molecular weight is 287 g/mol. The largest absolute Gasteiger partial charge is 0.352 e. The van der Waals surface area contributed by atoms with E-state index in [0.717, 1.165) is 25.7 Å². The van der Waals surface area contributed by atoms with Gasteiger partial charge in [-0.15, -0.1) is 0 Å². The monoisotopic (exact) mass is 287 g/mol. The van der Waals surface area contributed by atoms with Crippen molar-refractivity contribution in [1.29, 1.82) is 0 Å². The van der Waals surface area contributed by atoms with Crippen LogP contribution < -0.4 is 5.32 Å². The Morgan fingerprint density at radius 1 is 1.32 bits per heavy atom. The minimum absolute atomic E-state index is 0.0697. The number of carbonyl (C=O) groups is 1. The summed E-state index contributed by atoms with van der Waals surface area (Å²) in [6.45, 7) is 5.45. The van der Waals surface area contributed by atoms with Gasteiger partial charge in [-0.2, -0.15) is 0 Å². The van der Waals surface area contributed by atoms with Crippen LogP contribution in [0.3, 0.4) is 0 Å². The van der Waals surface area contributed by atoms with Gasteiger partial charge in [0.05, 0.1) is 5.75 Å². The zero-order chi connectivity index (χ0) is 14.5. The summed E-state index contributed by atoms with van der Waals surface area (Å²) >= 11 is 0. The van der Waals surface area contributed by atoms with E-state index in [2.05, 4.69) is 12.2 Å². The second kappa shape index (κ2) is 7.08. The second-order valence-electron chi connectivity index (χ2n) is 5.51. The minimum atomic E-state index is -3.38. The van der Waals surface area contributed by atoms with E-state index in [4.69, 9.17) is 0 Å². The SMILES string of the molecule is CC=CCS(=O)(=O)C(C)C(=O)NC1CCC(C)CC1. The fourth-order valence-corrected chi connectivity index (χ4v) is 3.40. The summed E-state index contributed by atoms with van der Waals surface area (Å²) < 4.78 is 23.8. The number of nitrogens with one attached hydrogen (secondary N) is 1. The molecule has 1 aliphatic rings. The number of carbonyl (C=O) groups excluding carboxylic acids is 1. The Balaban J connectivity index is 2.53. The molecule has 0 spiro atoms. The summed E-state index contributed by atoms with van der Waals surface area (Å²) in [6, 6.07) is 0.142. The van der Waals surface area contributed by atoms with Crippen LogP contribution >= 0.6 is 0 Å². The molecule has 1 amide bonds. The molecular weight excluding hydrogens is 262 g/mol. The van der Waals surface area contributed by atoms with Gasteiger partial charge in [0.1, 0.15) is 5.25 Å². The van der Waals surface area contributed by atoms with Gasteiger partial charge in [-0.05, 0) is 45.4 Å². The van der Waals surface area contributed by atoms with Gasteiger partial charge >= 0.3 is 0 Å². The molecule has 1 rings (SSSR count). The Labute approximate surface area is 116 Å². The fraction of sp³-hybridized carbons (Fsp3) is 0.786. The Bertz CT molecular complexity index is 420. The normalized spacial score (nSPS) is 26.3. The van der Waals surface area contributed by atoms with E-state index in [1.165, 1.54) is 6.92 Å². The van der Waals surface area contributed by atoms with Crippen molar-refractivity contribution in [3.8, 4) is 0 Å². The first-order valence-electron chi connectivity index (χ1n) is 7.00. The van der Waals surface area contributed by atoms with E-state index in [0.29, 0.717) is 5.92 Å². The summed E-state index contributed by atoms with van der Waals surface area (Å²) in [6.07, 6.45) is 7.37. The highest BCUT2D eigenvalue weighted by Gasteiger charge is 2.29. The first-order valence-corrected chi connectivity index (χ1v) is 8.71. The van der Waals surface area contributed by atoms with Crippen molar-refractivity contribution in [2.75, 3.05) is 5.75 Å². The molecule has 0 aliphatic heterocycles. The number of amides is 1. The van der Waals surface area contributed by atoms with Gasteiger partial charge in [-0.25, -0.2) is 8.42 Å². The van der Waals surface area contributed by atoms with Crippen molar-refractivity contribution in [2.45, 2.75) is 57.7 Å². The number of allylic oxidation sites excluding steroid dienone is 1. The maximum atomic E-state index is 12.0. The highest BCUT2D eigenvalue weighted by molar-refractivity contribution is 7.92. The third-order valence-electron chi connectivity index (χ3n) is 3.83. The first kappa shape index (κ1) is 16.2. The maximum Gasteiger partial charge on any atom is 0.238 e. The summed E-state index contributed by atoms with van der Waals surface area (Å²) in [4.78, 5) is 12.0. The Morgan fingerprint density at radius 3 is 2.42 bits per heavy atom. The molecule has 1 saturated carbocycles. The average Bonchev–Trinajstić information content (AvgIpc) is 2.38. The maximum absolute atomic E-state index is 12.0. The van der Waals surface area contributed by atoms with Crippen molar-refractivity contribution < 1.29 is 13.2 Å². The Morgan fingerprint density at radius 2 is 1.89 bits per heavy atom. The van der Waals surface area contributed by atoms with E-state index in [9.17, 15) is 13.2 Å². The van der Waals surface area contributed by atoms with E-state index < -0.39 is 15.1 Å². The van der Waals surface area contributed by atoms with Crippen molar-refractivity contribution in [1.82, 2.24) is 5.32 Å². The van der Waals surface area contributed by atoms with E-state index >= 15 is 0 Å². The molecule has 0 aromatic carbocycles. The van der Waals surface area contributed by atoms with Gasteiger partial charge in [0.2, 0.25) is 5.91 Å². The zero-order valence-corrected chi connectivity index (χ0v) is 12.9. The van der Waals surface area contributed by atoms with Crippen LogP contribution in [0.1, 0.15) is 46.5 Å². The molecule has 0 radical (unpaired) electrons. The molecule has 0 saturated heterocycles. The number of rotatable bonds is 5. The molecular formula is C14H25NO3S. The van der Waals surface area contributed by atoms with Gasteiger partial charge < -0.3 is 5.32 Å². The molecule has 1 fully saturated rings. The summed E-state index contributed by atoms with van der Waals surface area (Å²) in [5.41, 5.74) is 0. The number of hydrogen-bond acceptors (Lipinski definition) is 3. The first-order chi connectivity index (χ1) is 8.86. The molecule has 1 atom stereocenters. The van der Waals surface area contributed by atoms with E-state index in [1.807, 2.05) is 0 Å². The molecule has 0 heterocycles. The highest BCUT2D eigenvalue weighted by Crippen LogP contribution is 2.23. The van der Waals surface area contributed by atoms with Crippen LogP contribution in [0.5, 0.6) is 0 Å². The Hall–Kier alpha value is -0.840. The standard InChI is InChI=1S/C14H25NO3S/c1-4-5-10-19(17,18)12(3)14(16)15-13-8-6-11(2)7-9-13/h4-5,11-13H,6-10H2,1-3H3,(H,15,16). The topological polar surface area (TPSA) is 63.2 Å². The van der Waals surface area contributed by atoms with E-state index in [1.54, 1.807) is 19.1 Å². The van der Waals surface area contributed by atoms with Crippen LogP contribution in [-0.4, -0.2) is 31.4 Å². The summed E-state index contributed by atoms with van der Waals surface area (Å²) in [5, 5.41) is 1.91. The molecule has 19 heavy (non-hydrogen) atoms. The van der Waals surface area contributed by atoms with Gasteiger partial charge in [0, 0.05) is 6.04 Å². The summed E-state index contributed by atoms with van der Waals surface area (Å²) in [5.74, 6) is 0.285. The Kier molecular flexibility index (Phi) is 6.04. The molecule has 1 N–H and O–H groups in total. The van der Waals surface area contributed by atoms with Gasteiger partial charge in [0.25, 0.3) is 0 Å². The van der Waals surface area contributed by atoms with Gasteiger partial charge in [-0.1, -0.05) is 19.1 Å². The summed E-state index contributed by atoms with van der Waals surface area (Å²) in [7, 11) is -3.38. The molecule has 4 nitrogen and oxygen atoms in total. The second-order valence-corrected chi connectivity index (χ2v) is 7.87. The molecule has 5 heteroatoms. The van der Waals surface area contributed by atoms with Gasteiger partial charge in [0.15, 0.2) is 9.84 Å². The molecule has 0 aromatic rings. The molecule has 0 bridgehead atoms. The van der Waals surface area contributed by atoms with Gasteiger partial charge in [-0.3, -0.25) is 4.79 Å². The number of sulfone groups is 1. The third-order valence-corrected chi connectivity index (χ3v) is 5.78. The lowest BCUT2D eigenvalue weighted by Gasteiger charge is -2.27. The quantitative estimate of drug-likeness (QED) is 0.787. The lowest BCUT2D eigenvalue weighted by molar-refractivity contribution is -0.121. The van der Waals surface area contributed by atoms with Crippen LogP contribution in [0.2, 0.25) is 0 Å². The molecule has 0 aromatic heterocycles. The van der Waals surface area contributed by atoms with Crippen LogP contribution in [0.15, 0.2) is 12.2 Å². The molecule has 1 aliphatic carbocycles. The predicted molar refractivity (Wildman–Crippen MR) is 77.6 cm³/mol. The third kappa shape index (κ3) is 4.97. The van der Waals surface area contributed by atoms with E-state index in [-0.39, 0.29) is 17.7 Å². The smallest absolute Gasteiger partial charge is 0.238 e. The van der Waals surface area contributed by atoms with Crippen LogP contribution in [0, 0.1) is 5.92 Å². The van der Waals surface area contributed by atoms with Crippen LogP contribution in [-0.2, 0) is 14.6 Å². The van der Waals surface area contributed by atoms with Crippen molar-refractivity contribution >= 4 is 15.7 Å².